The highest BCUT2D eigenvalue weighted by molar-refractivity contribution is 5.85. The van der Waals surface area contributed by atoms with Gasteiger partial charge in [-0.25, -0.2) is 0 Å². The summed E-state index contributed by atoms with van der Waals surface area (Å²) in [4.78, 5) is 26.0. The van der Waals surface area contributed by atoms with Gasteiger partial charge in [0.15, 0.2) is 6.61 Å². The molecule has 0 heterocycles. The Hall–Kier alpha value is -3.13. The summed E-state index contributed by atoms with van der Waals surface area (Å²) in [5.41, 5.74) is 1.62. The van der Waals surface area contributed by atoms with Crippen molar-refractivity contribution in [3.63, 3.8) is 0 Å². The standard InChI is InChI=1S/C20H20N2O3/c1-22(14-8-13-21)18(23)15-25-20(24)19(16-9-4-2-5-10-16)17-11-6-3-7-12-17/h2-7,9-12,19H,8,14-15H2,1H3. The molecule has 0 aliphatic carbocycles. The molecule has 0 radical (unpaired) electrons. The predicted octanol–water partition coefficient (Wildman–Crippen LogP) is 2.73. The minimum absolute atomic E-state index is 0.243. The molecule has 0 unspecified atom stereocenters. The number of likely N-dealkylation sites (N-methyl/N-ethyl adjacent to an activating group) is 1. The Morgan fingerprint density at radius 1 is 1.04 bits per heavy atom. The molecule has 1 amide bonds. The van der Waals surface area contributed by atoms with Gasteiger partial charge in [0, 0.05) is 13.6 Å². The summed E-state index contributed by atoms with van der Waals surface area (Å²) in [6, 6.07) is 20.6. The summed E-state index contributed by atoms with van der Waals surface area (Å²) < 4.78 is 5.26. The topological polar surface area (TPSA) is 70.4 Å². The lowest BCUT2D eigenvalue weighted by Crippen LogP contribution is -2.32. The molecule has 128 valence electrons. The summed E-state index contributed by atoms with van der Waals surface area (Å²) in [7, 11) is 1.58. The van der Waals surface area contributed by atoms with Crippen LogP contribution in [0, 0.1) is 11.3 Å². The summed E-state index contributed by atoms with van der Waals surface area (Å²) >= 11 is 0. The van der Waals surface area contributed by atoms with E-state index in [1.807, 2.05) is 66.7 Å². The second-order valence-electron chi connectivity index (χ2n) is 5.59. The molecular weight excluding hydrogens is 316 g/mol. The molecule has 0 aromatic heterocycles. The number of carbonyl (C=O) groups is 2. The van der Waals surface area contributed by atoms with Gasteiger partial charge >= 0.3 is 5.97 Å². The number of esters is 1. The van der Waals surface area contributed by atoms with Crippen molar-refractivity contribution >= 4 is 11.9 Å². The summed E-state index contributed by atoms with van der Waals surface area (Å²) in [5.74, 6) is -1.39. The number of hydrogen-bond donors (Lipinski definition) is 0. The molecule has 0 atom stereocenters. The molecule has 0 saturated heterocycles. The van der Waals surface area contributed by atoms with E-state index in [0.29, 0.717) is 6.54 Å². The molecule has 5 heteroatoms. The van der Waals surface area contributed by atoms with Gasteiger partial charge in [0.2, 0.25) is 0 Å². The first-order chi connectivity index (χ1) is 12.1. The van der Waals surface area contributed by atoms with E-state index >= 15 is 0 Å². The first kappa shape index (κ1) is 18.2. The van der Waals surface area contributed by atoms with Crippen LogP contribution in [-0.4, -0.2) is 37.0 Å². The fraction of sp³-hybridized carbons (Fsp3) is 0.250. The molecule has 2 rings (SSSR count). The minimum atomic E-state index is -0.584. The number of ether oxygens (including phenoxy) is 1. The summed E-state index contributed by atoms with van der Waals surface area (Å²) in [5, 5.41) is 8.57. The summed E-state index contributed by atoms with van der Waals surface area (Å²) in [6.45, 7) is -0.0232. The zero-order valence-electron chi connectivity index (χ0n) is 14.1. The molecule has 0 aliphatic rings. The van der Waals surface area contributed by atoms with Crippen LogP contribution in [0.4, 0.5) is 0 Å². The quantitative estimate of drug-likeness (QED) is 0.729. The first-order valence-corrected chi connectivity index (χ1v) is 8.01. The normalized spacial score (nSPS) is 10.1. The van der Waals surface area contributed by atoms with Crippen molar-refractivity contribution in [3.8, 4) is 6.07 Å². The monoisotopic (exact) mass is 336 g/mol. The third kappa shape index (κ3) is 5.18. The van der Waals surface area contributed by atoms with Gasteiger partial charge in [-0.3, -0.25) is 9.59 Å². The van der Waals surface area contributed by atoms with Crippen molar-refractivity contribution in [3.05, 3.63) is 71.8 Å². The van der Waals surface area contributed by atoms with E-state index in [9.17, 15) is 9.59 Å². The third-order valence-electron chi connectivity index (χ3n) is 3.82. The SMILES string of the molecule is CN(CCC#N)C(=O)COC(=O)C(c1ccccc1)c1ccccc1. The average molecular weight is 336 g/mol. The maximum atomic E-state index is 12.6. The van der Waals surface area contributed by atoms with Crippen molar-refractivity contribution < 1.29 is 14.3 Å². The Morgan fingerprint density at radius 2 is 1.56 bits per heavy atom. The third-order valence-corrected chi connectivity index (χ3v) is 3.82. The maximum Gasteiger partial charge on any atom is 0.318 e. The maximum absolute atomic E-state index is 12.6. The molecule has 0 N–H and O–H groups in total. The van der Waals surface area contributed by atoms with Crippen LogP contribution in [0.2, 0.25) is 0 Å². The van der Waals surface area contributed by atoms with Crippen molar-refractivity contribution in [1.29, 1.82) is 5.26 Å². The van der Waals surface area contributed by atoms with Crippen LogP contribution in [0.1, 0.15) is 23.5 Å². The number of benzene rings is 2. The average Bonchev–Trinajstić information content (AvgIpc) is 2.66. The number of nitrogens with zero attached hydrogens (tertiary/aromatic N) is 2. The van der Waals surface area contributed by atoms with Gasteiger partial charge < -0.3 is 9.64 Å². The molecule has 25 heavy (non-hydrogen) atoms. The van der Waals surface area contributed by atoms with E-state index in [1.165, 1.54) is 4.90 Å². The van der Waals surface area contributed by atoms with Gasteiger partial charge in [-0.05, 0) is 11.1 Å². The lowest BCUT2D eigenvalue weighted by Gasteiger charge is -2.19. The van der Waals surface area contributed by atoms with E-state index in [-0.39, 0.29) is 18.9 Å². The fourth-order valence-electron chi connectivity index (χ4n) is 2.42. The molecule has 2 aromatic rings. The Morgan fingerprint density at radius 3 is 2.04 bits per heavy atom. The zero-order chi connectivity index (χ0) is 18.1. The van der Waals surface area contributed by atoms with Crippen molar-refractivity contribution in [2.24, 2.45) is 0 Å². The Balaban J connectivity index is 2.09. The van der Waals surface area contributed by atoms with Crippen molar-refractivity contribution in [1.82, 2.24) is 4.90 Å². The number of carbonyl (C=O) groups excluding carboxylic acids is 2. The van der Waals surface area contributed by atoms with Gasteiger partial charge in [0.1, 0.15) is 5.92 Å². The lowest BCUT2D eigenvalue weighted by molar-refractivity contribution is -0.152. The van der Waals surface area contributed by atoms with E-state index < -0.39 is 11.9 Å². The van der Waals surface area contributed by atoms with Crippen LogP contribution in [0.15, 0.2) is 60.7 Å². The smallest absolute Gasteiger partial charge is 0.318 e. The number of amides is 1. The molecule has 0 bridgehead atoms. The highest BCUT2D eigenvalue weighted by Crippen LogP contribution is 2.25. The van der Waals surface area contributed by atoms with Crippen LogP contribution in [-0.2, 0) is 14.3 Å². The second kappa shape index (κ2) is 9.24. The van der Waals surface area contributed by atoms with Gasteiger partial charge in [0.05, 0.1) is 12.5 Å². The molecule has 0 spiro atoms. The van der Waals surface area contributed by atoms with Crippen LogP contribution in [0.5, 0.6) is 0 Å². The zero-order valence-corrected chi connectivity index (χ0v) is 14.1. The highest BCUT2D eigenvalue weighted by atomic mass is 16.5. The molecule has 0 saturated carbocycles. The molecular formula is C20H20N2O3. The van der Waals surface area contributed by atoms with E-state index in [1.54, 1.807) is 7.05 Å². The lowest BCUT2D eigenvalue weighted by atomic mass is 9.91. The van der Waals surface area contributed by atoms with E-state index in [0.717, 1.165) is 11.1 Å². The molecule has 0 aliphatic heterocycles. The number of hydrogen-bond acceptors (Lipinski definition) is 4. The van der Waals surface area contributed by atoms with Crippen LogP contribution < -0.4 is 0 Å². The van der Waals surface area contributed by atoms with Crippen LogP contribution in [0.25, 0.3) is 0 Å². The van der Waals surface area contributed by atoms with Crippen molar-refractivity contribution in [2.75, 3.05) is 20.2 Å². The van der Waals surface area contributed by atoms with Crippen molar-refractivity contribution in [2.45, 2.75) is 12.3 Å². The Bertz CT molecular complexity index is 699. The number of rotatable bonds is 7. The minimum Gasteiger partial charge on any atom is -0.455 e. The van der Waals surface area contributed by atoms with E-state index in [2.05, 4.69) is 0 Å². The Kier molecular flexibility index (Phi) is 6.73. The highest BCUT2D eigenvalue weighted by Gasteiger charge is 2.25. The second-order valence-corrected chi connectivity index (χ2v) is 5.59. The summed E-state index contributed by atoms with van der Waals surface area (Å²) in [6.07, 6.45) is 0.243. The predicted molar refractivity (Wildman–Crippen MR) is 93.6 cm³/mol. The molecule has 2 aromatic carbocycles. The molecule has 5 nitrogen and oxygen atoms in total. The fourth-order valence-corrected chi connectivity index (χ4v) is 2.42. The van der Waals surface area contributed by atoms with Gasteiger partial charge in [-0.15, -0.1) is 0 Å². The van der Waals surface area contributed by atoms with Gasteiger partial charge in [-0.1, -0.05) is 60.7 Å². The van der Waals surface area contributed by atoms with E-state index in [4.69, 9.17) is 10.00 Å². The first-order valence-electron chi connectivity index (χ1n) is 8.01. The van der Waals surface area contributed by atoms with Crippen LogP contribution >= 0.6 is 0 Å². The molecule has 0 fully saturated rings. The van der Waals surface area contributed by atoms with Gasteiger partial charge in [-0.2, -0.15) is 5.26 Å². The largest absolute Gasteiger partial charge is 0.455 e. The number of nitriles is 1. The van der Waals surface area contributed by atoms with Gasteiger partial charge in [0.25, 0.3) is 5.91 Å². The van der Waals surface area contributed by atoms with Crippen LogP contribution in [0.3, 0.4) is 0 Å². The Labute approximate surface area is 147 Å².